The van der Waals surface area contributed by atoms with Crippen LogP contribution in [-0.2, 0) is 14.8 Å². The predicted molar refractivity (Wildman–Crippen MR) is 123 cm³/mol. The Balaban J connectivity index is 1.94. The van der Waals surface area contributed by atoms with E-state index in [0.717, 1.165) is 43.2 Å². The fraction of sp³-hybridized carbons (Fsp3) is 0.435. The van der Waals surface area contributed by atoms with E-state index in [1.54, 1.807) is 36.4 Å². The average Bonchev–Trinajstić information content (AvgIpc) is 2.75. The van der Waals surface area contributed by atoms with Gasteiger partial charge < -0.3 is 10.1 Å². The largest absolute Gasteiger partial charge is 0.495 e. The molecule has 0 aromatic heterocycles. The Morgan fingerprint density at radius 1 is 1.16 bits per heavy atom. The van der Waals surface area contributed by atoms with Crippen molar-refractivity contribution < 1.29 is 17.9 Å². The molecule has 1 aliphatic carbocycles. The van der Waals surface area contributed by atoms with Crippen LogP contribution in [0.1, 0.15) is 43.2 Å². The highest BCUT2D eigenvalue weighted by Gasteiger charge is 2.35. The lowest BCUT2D eigenvalue weighted by Crippen LogP contribution is -2.45. The fourth-order valence-corrected chi connectivity index (χ4v) is 6.02. The summed E-state index contributed by atoms with van der Waals surface area (Å²) in [6.07, 6.45) is 4.42. The fourth-order valence-electron chi connectivity index (χ4n) is 3.97. The Kier molecular flexibility index (Phi) is 7.62. The number of benzene rings is 2. The van der Waals surface area contributed by atoms with E-state index in [1.807, 2.05) is 13.8 Å². The molecule has 0 unspecified atom stereocenters. The van der Waals surface area contributed by atoms with E-state index >= 15 is 0 Å². The van der Waals surface area contributed by atoms with Gasteiger partial charge in [0.15, 0.2) is 0 Å². The molecule has 8 heteroatoms. The van der Waals surface area contributed by atoms with Gasteiger partial charge in [0.2, 0.25) is 15.9 Å². The zero-order valence-electron chi connectivity index (χ0n) is 18.2. The minimum Gasteiger partial charge on any atom is -0.495 e. The monoisotopic (exact) mass is 464 g/mol. The van der Waals surface area contributed by atoms with E-state index in [0.29, 0.717) is 10.7 Å². The van der Waals surface area contributed by atoms with Gasteiger partial charge in [-0.1, -0.05) is 43.0 Å². The molecule has 2 aromatic rings. The molecule has 2 aromatic carbocycles. The molecule has 0 heterocycles. The standard InChI is InChI=1S/C23H29ClN2O4S/c1-16-12-13-21(30-3)22(14-16)31(28,29)26(18-8-5-4-6-9-18)15-23(27)25-20-11-7-10-19(24)17(20)2/h7,10-14,18H,4-6,8-9,15H2,1-3H3,(H,25,27). The second-order valence-corrected chi connectivity index (χ2v) is 10.2. The summed E-state index contributed by atoms with van der Waals surface area (Å²) in [7, 11) is -2.50. The second kappa shape index (κ2) is 10.0. The first-order chi connectivity index (χ1) is 14.7. The van der Waals surface area contributed by atoms with Crippen LogP contribution in [0.25, 0.3) is 0 Å². The molecule has 168 valence electrons. The van der Waals surface area contributed by atoms with Gasteiger partial charge in [0.25, 0.3) is 0 Å². The van der Waals surface area contributed by atoms with Gasteiger partial charge in [-0.3, -0.25) is 4.79 Å². The highest BCUT2D eigenvalue weighted by molar-refractivity contribution is 7.89. The Morgan fingerprint density at radius 3 is 2.55 bits per heavy atom. The molecule has 1 amide bonds. The number of sulfonamides is 1. The summed E-state index contributed by atoms with van der Waals surface area (Å²) >= 11 is 6.15. The molecule has 0 aliphatic heterocycles. The maximum absolute atomic E-state index is 13.7. The predicted octanol–water partition coefficient (Wildman–Crippen LogP) is 4.93. The number of halogens is 1. The lowest BCUT2D eigenvalue weighted by atomic mass is 9.95. The Hall–Kier alpha value is -2.09. The van der Waals surface area contributed by atoms with Crippen molar-refractivity contribution in [2.75, 3.05) is 19.0 Å². The van der Waals surface area contributed by atoms with Gasteiger partial charge in [-0.2, -0.15) is 4.31 Å². The summed E-state index contributed by atoms with van der Waals surface area (Å²) in [6, 6.07) is 10.1. The highest BCUT2D eigenvalue weighted by atomic mass is 35.5. The van der Waals surface area contributed by atoms with Crippen molar-refractivity contribution in [2.24, 2.45) is 0 Å². The van der Waals surface area contributed by atoms with E-state index in [-0.39, 0.29) is 23.2 Å². The molecule has 0 saturated heterocycles. The molecule has 1 aliphatic rings. The van der Waals surface area contributed by atoms with E-state index in [9.17, 15) is 13.2 Å². The van der Waals surface area contributed by atoms with E-state index in [4.69, 9.17) is 16.3 Å². The SMILES string of the molecule is COc1ccc(C)cc1S(=O)(=O)N(CC(=O)Nc1cccc(Cl)c1C)C1CCCCC1. The van der Waals surface area contributed by atoms with Crippen LogP contribution in [-0.4, -0.2) is 38.3 Å². The third kappa shape index (κ3) is 5.40. The third-order valence-electron chi connectivity index (χ3n) is 5.73. The lowest BCUT2D eigenvalue weighted by Gasteiger charge is -2.33. The van der Waals surface area contributed by atoms with Gasteiger partial charge in [0.05, 0.1) is 13.7 Å². The number of carbonyl (C=O) groups is 1. The van der Waals surface area contributed by atoms with Crippen molar-refractivity contribution in [3.63, 3.8) is 0 Å². The first-order valence-corrected chi connectivity index (χ1v) is 12.3. The van der Waals surface area contributed by atoms with Crippen molar-refractivity contribution in [2.45, 2.75) is 56.9 Å². The van der Waals surface area contributed by atoms with E-state index in [1.165, 1.54) is 11.4 Å². The van der Waals surface area contributed by atoms with Crippen LogP contribution < -0.4 is 10.1 Å². The number of amides is 1. The Bertz CT molecular complexity index is 1050. The van der Waals surface area contributed by atoms with Crippen molar-refractivity contribution in [3.05, 3.63) is 52.5 Å². The summed E-state index contributed by atoms with van der Waals surface area (Å²) in [5.74, 6) is -0.122. The normalized spacial score (nSPS) is 15.1. The van der Waals surface area contributed by atoms with Crippen molar-refractivity contribution in [1.82, 2.24) is 4.31 Å². The Morgan fingerprint density at radius 2 is 1.87 bits per heavy atom. The topological polar surface area (TPSA) is 75.7 Å². The van der Waals surface area contributed by atoms with Crippen LogP contribution >= 0.6 is 11.6 Å². The molecule has 0 bridgehead atoms. The van der Waals surface area contributed by atoms with Gasteiger partial charge in [-0.15, -0.1) is 0 Å². The number of carbonyl (C=O) groups excluding carboxylic acids is 1. The van der Waals surface area contributed by atoms with Crippen molar-refractivity contribution in [1.29, 1.82) is 0 Å². The molecule has 0 atom stereocenters. The average molecular weight is 465 g/mol. The van der Waals surface area contributed by atoms with Gasteiger partial charge >= 0.3 is 0 Å². The molecule has 0 spiro atoms. The number of methoxy groups -OCH3 is 1. The Labute approximate surface area is 189 Å². The molecule has 1 fully saturated rings. The number of anilines is 1. The summed E-state index contributed by atoms with van der Waals surface area (Å²) in [5.41, 5.74) is 2.12. The summed E-state index contributed by atoms with van der Waals surface area (Å²) in [6.45, 7) is 3.37. The van der Waals surface area contributed by atoms with Gasteiger partial charge in [-0.05, 0) is 62.1 Å². The molecular formula is C23H29ClN2O4S. The number of nitrogens with one attached hydrogen (secondary N) is 1. The molecule has 31 heavy (non-hydrogen) atoms. The van der Waals surface area contributed by atoms with Crippen molar-refractivity contribution >= 4 is 33.2 Å². The van der Waals surface area contributed by atoms with Gasteiger partial charge in [0, 0.05) is 16.8 Å². The molecule has 6 nitrogen and oxygen atoms in total. The maximum atomic E-state index is 13.7. The smallest absolute Gasteiger partial charge is 0.247 e. The summed E-state index contributed by atoms with van der Waals surface area (Å²) in [5, 5.41) is 3.36. The van der Waals surface area contributed by atoms with Crippen molar-refractivity contribution in [3.8, 4) is 5.75 Å². The quantitative estimate of drug-likeness (QED) is 0.630. The highest BCUT2D eigenvalue weighted by Crippen LogP contribution is 2.33. The molecule has 1 N–H and O–H groups in total. The van der Waals surface area contributed by atoms with Crippen LogP contribution in [0.5, 0.6) is 5.75 Å². The number of hydrogen-bond donors (Lipinski definition) is 1. The minimum absolute atomic E-state index is 0.0901. The number of ether oxygens (including phenoxy) is 1. The van der Waals surface area contributed by atoms with Gasteiger partial charge in [-0.25, -0.2) is 8.42 Å². The molecule has 3 rings (SSSR count). The minimum atomic E-state index is -3.95. The molecule has 0 radical (unpaired) electrons. The number of aryl methyl sites for hydroxylation is 1. The zero-order chi connectivity index (χ0) is 22.6. The number of rotatable bonds is 7. The maximum Gasteiger partial charge on any atom is 0.247 e. The zero-order valence-corrected chi connectivity index (χ0v) is 19.7. The summed E-state index contributed by atoms with van der Waals surface area (Å²) < 4.78 is 34.1. The van der Waals surface area contributed by atoms with Crippen LogP contribution in [0, 0.1) is 13.8 Å². The van der Waals surface area contributed by atoms with Crippen LogP contribution in [0.2, 0.25) is 5.02 Å². The number of hydrogen-bond acceptors (Lipinski definition) is 4. The van der Waals surface area contributed by atoms with Gasteiger partial charge in [0.1, 0.15) is 10.6 Å². The third-order valence-corrected chi connectivity index (χ3v) is 8.06. The lowest BCUT2D eigenvalue weighted by molar-refractivity contribution is -0.116. The number of nitrogens with zero attached hydrogens (tertiary/aromatic N) is 1. The van der Waals surface area contributed by atoms with Crippen LogP contribution in [0.15, 0.2) is 41.3 Å². The van der Waals surface area contributed by atoms with E-state index < -0.39 is 15.9 Å². The first-order valence-electron chi connectivity index (χ1n) is 10.5. The second-order valence-electron chi connectivity index (χ2n) is 7.96. The van der Waals surface area contributed by atoms with Crippen LogP contribution in [0.4, 0.5) is 5.69 Å². The summed E-state index contributed by atoms with van der Waals surface area (Å²) in [4.78, 5) is 13.0. The molecule has 1 saturated carbocycles. The first kappa shape index (κ1) is 23.6. The van der Waals surface area contributed by atoms with E-state index in [2.05, 4.69) is 5.32 Å². The molecular weight excluding hydrogens is 436 g/mol. The van der Waals surface area contributed by atoms with Crippen LogP contribution in [0.3, 0.4) is 0 Å².